The zero-order chi connectivity index (χ0) is 47.7. The SMILES string of the molecule is CCCCCCCCCCCCCCCCCCCCCCCCCCCCCCCCCCCCC(=O)NC(CO)C(O)CCCCCCCCCCCCCCCCCCCCCC. The summed E-state index contributed by atoms with van der Waals surface area (Å²) >= 11 is 0. The maximum absolute atomic E-state index is 12.5. The number of hydrogen-bond acceptors (Lipinski definition) is 3. The maximum Gasteiger partial charge on any atom is 0.220 e. The highest BCUT2D eigenvalue weighted by atomic mass is 16.3. The van der Waals surface area contributed by atoms with Crippen LogP contribution in [0.3, 0.4) is 0 Å². The Labute approximate surface area is 416 Å². The van der Waals surface area contributed by atoms with E-state index < -0.39 is 12.1 Å². The molecule has 0 fully saturated rings. The number of carbonyl (C=O) groups is 1. The van der Waals surface area contributed by atoms with Crippen LogP contribution >= 0.6 is 0 Å². The molecule has 0 rings (SSSR count). The van der Waals surface area contributed by atoms with E-state index in [1.165, 1.54) is 321 Å². The fraction of sp³-hybridized carbons (Fsp3) is 0.984. The minimum Gasteiger partial charge on any atom is -0.394 e. The van der Waals surface area contributed by atoms with Gasteiger partial charge in [0.2, 0.25) is 5.91 Å². The van der Waals surface area contributed by atoms with Gasteiger partial charge in [-0.1, -0.05) is 354 Å². The molecule has 0 heterocycles. The van der Waals surface area contributed by atoms with E-state index in [0.29, 0.717) is 12.8 Å². The number of nitrogens with one attached hydrogen (secondary N) is 1. The van der Waals surface area contributed by atoms with E-state index in [2.05, 4.69) is 19.2 Å². The van der Waals surface area contributed by atoms with E-state index in [-0.39, 0.29) is 12.5 Å². The normalized spacial score (nSPS) is 12.6. The van der Waals surface area contributed by atoms with Crippen LogP contribution in [0.1, 0.15) is 373 Å². The Morgan fingerprint density at radius 3 is 0.682 bits per heavy atom. The van der Waals surface area contributed by atoms with Crippen LogP contribution in [0.5, 0.6) is 0 Å². The number of aliphatic hydroxyl groups is 2. The summed E-state index contributed by atoms with van der Waals surface area (Å²) < 4.78 is 0. The fourth-order valence-electron chi connectivity index (χ4n) is 10.4. The standard InChI is InChI=1S/C62H125NO3/c1-3-5-7-9-11-13-15-17-19-21-23-25-26-27-28-29-30-31-32-33-34-35-36-37-38-40-42-44-46-48-50-52-54-56-58-62(66)63-60(59-64)61(65)57-55-53-51-49-47-45-43-41-39-24-22-20-18-16-14-12-10-8-6-4-2/h60-61,64-65H,3-59H2,1-2H3,(H,63,66). The van der Waals surface area contributed by atoms with Gasteiger partial charge in [0, 0.05) is 6.42 Å². The van der Waals surface area contributed by atoms with Crippen molar-refractivity contribution in [2.75, 3.05) is 6.61 Å². The average molecular weight is 933 g/mol. The summed E-state index contributed by atoms with van der Waals surface area (Å²) in [5.74, 6) is -0.0208. The second-order valence-electron chi connectivity index (χ2n) is 21.8. The summed E-state index contributed by atoms with van der Waals surface area (Å²) in [5, 5.41) is 23.4. The molecule has 66 heavy (non-hydrogen) atoms. The Morgan fingerprint density at radius 2 is 0.485 bits per heavy atom. The number of unbranched alkanes of at least 4 members (excludes halogenated alkanes) is 52. The fourth-order valence-corrected chi connectivity index (χ4v) is 10.4. The van der Waals surface area contributed by atoms with E-state index in [4.69, 9.17) is 0 Å². The molecule has 0 saturated heterocycles. The molecule has 2 unspecified atom stereocenters. The molecule has 396 valence electrons. The van der Waals surface area contributed by atoms with Crippen molar-refractivity contribution >= 4 is 5.91 Å². The van der Waals surface area contributed by atoms with Gasteiger partial charge in [0.05, 0.1) is 18.8 Å². The third-order valence-electron chi connectivity index (χ3n) is 15.1. The summed E-state index contributed by atoms with van der Waals surface area (Å²) in [7, 11) is 0. The first kappa shape index (κ1) is 65.4. The van der Waals surface area contributed by atoms with E-state index >= 15 is 0 Å². The zero-order valence-electron chi connectivity index (χ0n) is 45.8. The van der Waals surface area contributed by atoms with Crippen molar-refractivity contribution in [3.8, 4) is 0 Å². The molecular formula is C62H125NO3. The maximum atomic E-state index is 12.5. The Hall–Kier alpha value is -0.610. The molecule has 0 radical (unpaired) electrons. The lowest BCUT2D eigenvalue weighted by Gasteiger charge is -2.22. The van der Waals surface area contributed by atoms with E-state index in [9.17, 15) is 15.0 Å². The van der Waals surface area contributed by atoms with Crippen LogP contribution in [0.15, 0.2) is 0 Å². The van der Waals surface area contributed by atoms with Crippen LogP contribution in [0.4, 0.5) is 0 Å². The number of carbonyl (C=O) groups excluding carboxylic acids is 1. The molecule has 0 aliphatic heterocycles. The lowest BCUT2D eigenvalue weighted by molar-refractivity contribution is -0.123. The predicted molar refractivity (Wildman–Crippen MR) is 295 cm³/mol. The van der Waals surface area contributed by atoms with Crippen molar-refractivity contribution < 1.29 is 15.0 Å². The summed E-state index contributed by atoms with van der Waals surface area (Å²) in [6.07, 6.45) is 75.6. The lowest BCUT2D eigenvalue weighted by Crippen LogP contribution is -2.45. The molecular weight excluding hydrogens is 807 g/mol. The van der Waals surface area contributed by atoms with Gasteiger partial charge in [0.25, 0.3) is 0 Å². The number of aliphatic hydroxyl groups excluding tert-OH is 2. The topological polar surface area (TPSA) is 69.6 Å². The molecule has 0 aromatic rings. The van der Waals surface area contributed by atoms with E-state index in [1.54, 1.807) is 0 Å². The van der Waals surface area contributed by atoms with Crippen molar-refractivity contribution in [1.29, 1.82) is 0 Å². The number of amides is 1. The Bertz CT molecular complexity index is 879. The first-order chi connectivity index (χ1) is 32.7. The highest BCUT2D eigenvalue weighted by molar-refractivity contribution is 5.76. The molecule has 0 aliphatic rings. The Balaban J connectivity index is 3.35. The highest BCUT2D eigenvalue weighted by Crippen LogP contribution is 2.19. The number of rotatable bonds is 59. The van der Waals surface area contributed by atoms with Crippen LogP contribution in [0.2, 0.25) is 0 Å². The summed E-state index contributed by atoms with van der Waals surface area (Å²) in [4.78, 5) is 12.5. The van der Waals surface area contributed by atoms with Crippen molar-refractivity contribution in [3.05, 3.63) is 0 Å². The van der Waals surface area contributed by atoms with Gasteiger partial charge in [0.15, 0.2) is 0 Å². The number of hydrogen-bond donors (Lipinski definition) is 3. The monoisotopic (exact) mass is 932 g/mol. The van der Waals surface area contributed by atoms with Gasteiger partial charge in [0.1, 0.15) is 0 Å². The quantitative estimate of drug-likeness (QED) is 0.0532. The molecule has 4 heteroatoms. The molecule has 1 amide bonds. The molecule has 0 aromatic carbocycles. The lowest BCUT2D eigenvalue weighted by atomic mass is 10.0. The highest BCUT2D eigenvalue weighted by Gasteiger charge is 2.20. The van der Waals surface area contributed by atoms with Crippen LogP contribution in [0.25, 0.3) is 0 Å². The summed E-state index contributed by atoms with van der Waals surface area (Å²) in [6, 6.07) is -0.532. The second kappa shape index (κ2) is 58.7. The zero-order valence-corrected chi connectivity index (χ0v) is 45.8. The van der Waals surface area contributed by atoms with Crippen molar-refractivity contribution in [2.45, 2.75) is 386 Å². The first-order valence-corrected chi connectivity index (χ1v) is 31.2. The van der Waals surface area contributed by atoms with E-state index in [1.807, 2.05) is 0 Å². The molecule has 0 spiro atoms. The molecule has 0 bridgehead atoms. The van der Waals surface area contributed by atoms with Crippen LogP contribution in [0, 0.1) is 0 Å². The van der Waals surface area contributed by atoms with Gasteiger partial charge in [-0.2, -0.15) is 0 Å². The van der Waals surface area contributed by atoms with Crippen LogP contribution in [-0.4, -0.2) is 34.9 Å². The largest absolute Gasteiger partial charge is 0.394 e. The van der Waals surface area contributed by atoms with Crippen LogP contribution in [-0.2, 0) is 4.79 Å². The van der Waals surface area contributed by atoms with Crippen molar-refractivity contribution in [1.82, 2.24) is 5.32 Å². The summed E-state index contributed by atoms with van der Waals surface area (Å²) in [5.41, 5.74) is 0. The average Bonchev–Trinajstić information content (AvgIpc) is 3.32. The van der Waals surface area contributed by atoms with Crippen molar-refractivity contribution in [3.63, 3.8) is 0 Å². The van der Waals surface area contributed by atoms with Crippen molar-refractivity contribution in [2.24, 2.45) is 0 Å². The Morgan fingerprint density at radius 1 is 0.303 bits per heavy atom. The molecule has 4 nitrogen and oxygen atoms in total. The van der Waals surface area contributed by atoms with Gasteiger partial charge in [-0.15, -0.1) is 0 Å². The molecule has 0 aliphatic carbocycles. The minimum atomic E-state index is -0.655. The van der Waals surface area contributed by atoms with Gasteiger partial charge in [-0.3, -0.25) is 4.79 Å². The predicted octanol–water partition coefficient (Wildman–Crippen LogP) is 20.7. The molecule has 3 N–H and O–H groups in total. The summed E-state index contributed by atoms with van der Waals surface area (Å²) in [6.45, 7) is 4.41. The molecule has 0 aromatic heterocycles. The van der Waals surface area contributed by atoms with E-state index in [0.717, 1.165) is 25.7 Å². The smallest absolute Gasteiger partial charge is 0.220 e. The first-order valence-electron chi connectivity index (χ1n) is 31.2. The van der Waals surface area contributed by atoms with Gasteiger partial charge < -0.3 is 15.5 Å². The third kappa shape index (κ3) is 54.3. The van der Waals surface area contributed by atoms with Gasteiger partial charge in [-0.25, -0.2) is 0 Å². The third-order valence-corrected chi connectivity index (χ3v) is 15.1. The minimum absolute atomic E-state index is 0.0208. The second-order valence-corrected chi connectivity index (χ2v) is 21.8. The van der Waals surface area contributed by atoms with Gasteiger partial charge >= 0.3 is 0 Å². The Kier molecular flexibility index (Phi) is 58.2. The molecule has 0 saturated carbocycles. The molecule has 2 atom stereocenters. The van der Waals surface area contributed by atoms with Crippen LogP contribution < -0.4 is 5.32 Å². The van der Waals surface area contributed by atoms with Gasteiger partial charge in [-0.05, 0) is 12.8 Å².